The van der Waals surface area contributed by atoms with Gasteiger partial charge in [-0.1, -0.05) is 41.5 Å². The van der Waals surface area contributed by atoms with Crippen LogP contribution in [0, 0.1) is 19.3 Å². The Morgan fingerprint density at radius 2 is 1.50 bits per heavy atom. The van der Waals surface area contributed by atoms with Crippen molar-refractivity contribution in [1.82, 2.24) is 15.3 Å². The van der Waals surface area contributed by atoms with Gasteiger partial charge in [-0.3, -0.25) is 0 Å². The lowest BCUT2D eigenvalue weighted by molar-refractivity contribution is 0.399. The van der Waals surface area contributed by atoms with E-state index in [1.807, 2.05) is 0 Å². The molecule has 114 valence electrons. The highest BCUT2D eigenvalue weighted by Crippen LogP contribution is 2.24. The highest BCUT2D eigenvalue weighted by atomic mass is 14.9. The van der Waals surface area contributed by atoms with Crippen LogP contribution in [-0.2, 0) is 6.42 Å². The summed E-state index contributed by atoms with van der Waals surface area (Å²) in [5, 5.41) is 3.50. The zero-order valence-corrected chi connectivity index (χ0v) is 14.5. The molecule has 1 heterocycles. The fourth-order valence-electron chi connectivity index (χ4n) is 2.58. The summed E-state index contributed by atoms with van der Waals surface area (Å²) in [5.41, 5.74) is 3.80. The summed E-state index contributed by atoms with van der Waals surface area (Å²) >= 11 is 0. The summed E-state index contributed by atoms with van der Waals surface area (Å²) in [6.07, 6.45) is 0.924. The Labute approximate surface area is 124 Å². The van der Waals surface area contributed by atoms with Gasteiger partial charge < -0.3 is 5.32 Å². The molecule has 0 amide bonds. The molecule has 0 aliphatic heterocycles. The van der Waals surface area contributed by atoms with Crippen LogP contribution in [0.3, 0.4) is 0 Å². The Kier molecular flexibility index (Phi) is 5.69. The zero-order chi connectivity index (χ0) is 15.5. The van der Waals surface area contributed by atoms with Gasteiger partial charge in [-0.15, -0.1) is 0 Å². The second-order valence-corrected chi connectivity index (χ2v) is 7.43. The van der Waals surface area contributed by atoms with Crippen LogP contribution in [0.4, 0.5) is 0 Å². The fraction of sp³-hybridized carbons (Fsp3) is 0.765. The van der Waals surface area contributed by atoms with Crippen molar-refractivity contribution >= 4 is 0 Å². The molecule has 3 heteroatoms. The number of hydrogen-bond donors (Lipinski definition) is 1. The molecular weight excluding hydrogens is 246 g/mol. The maximum absolute atomic E-state index is 4.73. The van der Waals surface area contributed by atoms with Gasteiger partial charge in [0.2, 0.25) is 0 Å². The van der Waals surface area contributed by atoms with Crippen molar-refractivity contribution in [3.63, 3.8) is 0 Å². The lowest BCUT2D eigenvalue weighted by Crippen LogP contribution is -2.28. The number of nitrogens with one attached hydrogen (secondary N) is 1. The largest absolute Gasteiger partial charge is 0.314 e. The first-order chi connectivity index (χ1) is 9.10. The van der Waals surface area contributed by atoms with Crippen molar-refractivity contribution in [3.8, 4) is 0 Å². The average Bonchev–Trinajstić information content (AvgIpc) is 2.22. The Hall–Kier alpha value is -0.960. The zero-order valence-electron chi connectivity index (χ0n) is 14.5. The molecule has 0 spiro atoms. The van der Waals surface area contributed by atoms with E-state index in [-0.39, 0.29) is 5.41 Å². The minimum atomic E-state index is 0.227. The maximum atomic E-state index is 4.73. The van der Waals surface area contributed by atoms with E-state index in [0.29, 0.717) is 12.0 Å². The standard InChI is InChI=1S/C17H31N3/c1-11(2)18-10-12(3)16-13(4)19-15(20-14(16)5)9-17(6,7)8/h11-12,18H,9-10H2,1-8H3. The molecule has 0 aliphatic carbocycles. The summed E-state index contributed by atoms with van der Waals surface area (Å²) in [6.45, 7) is 18.5. The van der Waals surface area contributed by atoms with Crippen LogP contribution >= 0.6 is 0 Å². The van der Waals surface area contributed by atoms with Crippen LogP contribution in [-0.4, -0.2) is 22.6 Å². The summed E-state index contributed by atoms with van der Waals surface area (Å²) in [7, 11) is 0. The maximum Gasteiger partial charge on any atom is 0.129 e. The molecule has 0 saturated carbocycles. The summed E-state index contributed by atoms with van der Waals surface area (Å²) < 4.78 is 0. The number of rotatable bonds is 5. The highest BCUT2D eigenvalue weighted by Gasteiger charge is 2.18. The van der Waals surface area contributed by atoms with Gasteiger partial charge >= 0.3 is 0 Å². The molecule has 1 aromatic heterocycles. The number of aryl methyl sites for hydroxylation is 2. The predicted octanol–water partition coefficient (Wildman–Crippen LogP) is 3.78. The van der Waals surface area contributed by atoms with Gasteiger partial charge in [-0.2, -0.15) is 0 Å². The Balaban J connectivity index is 2.94. The molecule has 1 atom stereocenters. The number of hydrogen-bond acceptors (Lipinski definition) is 3. The molecule has 20 heavy (non-hydrogen) atoms. The molecule has 1 rings (SSSR count). The van der Waals surface area contributed by atoms with Crippen molar-refractivity contribution < 1.29 is 0 Å². The molecule has 0 saturated heterocycles. The quantitative estimate of drug-likeness (QED) is 0.890. The van der Waals surface area contributed by atoms with Gasteiger partial charge in [0.25, 0.3) is 0 Å². The van der Waals surface area contributed by atoms with E-state index in [9.17, 15) is 0 Å². The van der Waals surface area contributed by atoms with Crippen LogP contribution in [0.1, 0.15) is 70.2 Å². The SMILES string of the molecule is Cc1nc(CC(C)(C)C)nc(C)c1C(C)CNC(C)C. The number of aromatic nitrogens is 2. The number of nitrogens with zero attached hydrogens (tertiary/aromatic N) is 2. The van der Waals surface area contributed by atoms with E-state index in [0.717, 1.165) is 30.2 Å². The normalized spacial score (nSPS) is 13.8. The lowest BCUT2D eigenvalue weighted by Gasteiger charge is -2.21. The summed E-state index contributed by atoms with van der Waals surface area (Å²) in [4.78, 5) is 9.46. The van der Waals surface area contributed by atoms with E-state index in [1.165, 1.54) is 5.56 Å². The molecular formula is C17H31N3. The van der Waals surface area contributed by atoms with Crippen LogP contribution < -0.4 is 5.32 Å². The predicted molar refractivity (Wildman–Crippen MR) is 86.2 cm³/mol. The molecule has 0 aromatic carbocycles. The molecule has 3 nitrogen and oxygen atoms in total. The highest BCUT2D eigenvalue weighted by molar-refractivity contribution is 5.28. The first-order valence-corrected chi connectivity index (χ1v) is 7.67. The second kappa shape index (κ2) is 6.66. The van der Waals surface area contributed by atoms with E-state index in [4.69, 9.17) is 9.97 Å². The van der Waals surface area contributed by atoms with Gasteiger partial charge in [0, 0.05) is 30.4 Å². The van der Waals surface area contributed by atoms with Crippen LogP contribution in [0.25, 0.3) is 0 Å². The third-order valence-corrected chi connectivity index (χ3v) is 3.39. The first-order valence-electron chi connectivity index (χ1n) is 7.67. The smallest absolute Gasteiger partial charge is 0.129 e. The van der Waals surface area contributed by atoms with Crippen molar-refractivity contribution in [2.45, 2.75) is 73.8 Å². The molecule has 0 fully saturated rings. The first kappa shape index (κ1) is 17.1. The van der Waals surface area contributed by atoms with Crippen molar-refractivity contribution in [1.29, 1.82) is 0 Å². The Bertz CT molecular complexity index is 421. The Morgan fingerprint density at radius 3 is 1.90 bits per heavy atom. The molecule has 1 aromatic rings. The van der Waals surface area contributed by atoms with Crippen molar-refractivity contribution in [3.05, 3.63) is 22.8 Å². The molecule has 0 aliphatic rings. The monoisotopic (exact) mass is 277 g/mol. The van der Waals surface area contributed by atoms with Gasteiger partial charge in [-0.05, 0) is 30.7 Å². The van der Waals surface area contributed by atoms with Crippen LogP contribution in [0.5, 0.6) is 0 Å². The van der Waals surface area contributed by atoms with Gasteiger partial charge in [-0.25, -0.2) is 9.97 Å². The van der Waals surface area contributed by atoms with Gasteiger partial charge in [0.05, 0.1) is 0 Å². The van der Waals surface area contributed by atoms with Crippen molar-refractivity contribution in [2.24, 2.45) is 5.41 Å². The second-order valence-electron chi connectivity index (χ2n) is 7.43. The minimum absolute atomic E-state index is 0.227. The summed E-state index contributed by atoms with van der Waals surface area (Å²) in [5.74, 6) is 1.42. The molecule has 1 unspecified atom stereocenters. The Morgan fingerprint density at radius 1 is 1.00 bits per heavy atom. The van der Waals surface area contributed by atoms with Crippen LogP contribution in [0.15, 0.2) is 0 Å². The van der Waals surface area contributed by atoms with Crippen molar-refractivity contribution in [2.75, 3.05) is 6.54 Å². The molecule has 1 N–H and O–H groups in total. The van der Waals surface area contributed by atoms with E-state index < -0.39 is 0 Å². The van der Waals surface area contributed by atoms with E-state index >= 15 is 0 Å². The summed E-state index contributed by atoms with van der Waals surface area (Å²) in [6, 6.07) is 0.513. The lowest BCUT2D eigenvalue weighted by atomic mass is 9.91. The van der Waals surface area contributed by atoms with E-state index in [1.54, 1.807) is 0 Å². The van der Waals surface area contributed by atoms with E-state index in [2.05, 4.69) is 60.7 Å². The minimum Gasteiger partial charge on any atom is -0.314 e. The molecule has 0 radical (unpaired) electrons. The van der Waals surface area contributed by atoms with Gasteiger partial charge in [0.15, 0.2) is 0 Å². The third-order valence-electron chi connectivity index (χ3n) is 3.39. The topological polar surface area (TPSA) is 37.8 Å². The average molecular weight is 277 g/mol. The molecule has 0 bridgehead atoms. The fourth-order valence-corrected chi connectivity index (χ4v) is 2.58. The third kappa shape index (κ3) is 5.20. The van der Waals surface area contributed by atoms with Crippen LogP contribution in [0.2, 0.25) is 0 Å². The van der Waals surface area contributed by atoms with Gasteiger partial charge in [0.1, 0.15) is 5.82 Å².